The maximum Gasteiger partial charge on any atom is 0.253 e. The van der Waals surface area contributed by atoms with Gasteiger partial charge in [0.15, 0.2) is 0 Å². The highest BCUT2D eigenvalue weighted by Crippen LogP contribution is 2.38. The van der Waals surface area contributed by atoms with Crippen molar-refractivity contribution in [2.75, 3.05) is 18.1 Å². The Labute approximate surface area is 121 Å². The SMILES string of the molecule is CNC(=O)c1ccc(N)cc1NC1CCCCC1(C)C. The Morgan fingerprint density at radius 3 is 2.75 bits per heavy atom. The molecule has 0 aromatic heterocycles. The molecule has 2 rings (SSSR count). The van der Waals surface area contributed by atoms with Crippen LogP contribution in [0.1, 0.15) is 49.9 Å². The monoisotopic (exact) mass is 275 g/mol. The Balaban J connectivity index is 2.27. The van der Waals surface area contributed by atoms with E-state index in [-0.39, 0.29) is 11.3 Å². The fourth-order valence-corrected chi connectivity index (χ4v) is 2.96. The van der Waals surface area contributed by atoms with Crippen molar-refractivity contribution in [2.45, 2.75) is 45.6 Å². The molecule has 0 heterocycles. The molecule has 110 valence electrons. The molecule has 1 amide bonds. The smallest absolute Gasteiger partial charge is 0.253 e. The van der Waals surface area contributed by atoms with Crippen LogP contribution in [0.3, 0.4) is 0 Å². The molecule has 20 heavy (non-hydrogen) atoms. The second kappa shape index (κ2) is 5.73. The summed E-state index contributed by atoms with van der Waals surface area (Å²) in [5, 5.41) is 6.23. The molecule has 0 bridgehead atoms. The molecular weight excluding hydrogens is 250 g/mol. The first-order valence-corrected chi connectivity index (χ1v) is 7.32. The standard InChI is InChI=1S/C16H25N3O/c1-16(2)9-5-4-6-14(16)19-13-10-11(17)7-8-12(13)15(20)18-3/h7-8,10,14,19H,4-6,9,17H2,1-3H3,(H,18,20). The summed E-state index contributed by atoms with van der Waals surface area (Å²) in [5.41, 5.74) is 8.28. The average molecular weight is 275 g/mol. The second-order valence-corrected chi connectivity index (χ2v) is 6.32. The zero-order valence-corrected chi connectivity index (χ0v) is 12.6. The number of hydrogen-bond donors (Lipinski definition) is 3. The van der Waals surface area contributed by atoms with Crippen molar-refractivity contribution in [3.05, 3.63) is 23.8 Å². The molecular formula is C16H25N3O. The minimum absolute atomic E-state index is 0.0823. The van der Waals surface area contributed by atoms with Gasteiger partial charge in [0.2, 0.25) is 0 Å². The van der Waals surface area contributed by atoms with E-state index in [1.165, 1.54) is 19.3 Å². The second-order valence-electron chi connectivity index (χ2n) is 6.32. The third-order valence-corrected chi connectivity index (χ3v) is 4.35. The van der Waals surface area contributed by atoms with Gasteiger partial charge in [0.25, 0.3) is 5.91 Å². The van der Waals surface area contributed by atoms with E-state index in [1.807, 2.05) is 6.07 Å². The van der Waals surface area contributed by atoms with Gasteiger partial charge in [0.05, 0.1) is 5.56 Å². The number of benzene rings is 1. The van der Waals surface area contributed by atoms with Crippen LogP contribution in [-0.2, 0) is 0 Å². The number of hydrogen-bond acceptors (Lipinski definition) is 3. The Hall–Kier alpha value is -1.71. The number of nitrogens with two attached hydrogens (primary N) is 1. The first kappa shape index (κ1) is 14.7. The number of carbonyl (C=O) groups is 1. The molecule has 4 nitrogen and oxygen atoms in total. The maximum absolute atomic E-state index is 12.0. The van der Waals surface area contributed by atoms with Crippen LogP contribution in [0.5, 0.6) is 0 Å². The predicted molar refractivity (Wildman–Crippen MR) is 83.9 cm³/mol. The molecule has 1 fully saturated rings. The minimum atomic E-state index is -0.0823. The van der Waals surface area contributed by atoms with Crippen LogP contribution in [0.15, 0.2) is 18.2 Å². The van der Waals surface area contributed by atoms with Gasteiger partial charge in [-0.2, -0.15) is 0 Å². The Kier molecular flexibility index (Phi) is 4.21. The quantitative estimate of drug-likeness (QED) is 0.743. The lowest BCUT2D eigenvalue weighted by Gasteiger charge is -2.40. The number of nitrogen functional groups attached to an aromatic ring is 1. The molecule has 1 aliphatic rings. The van der Waals surface area contributed by atoms with Crippen molar-refractivity contribution in [1.29, 1.82) is 0 Å². The van der Waals surface area contributed by atoms with Gasteiger partial charge < -0.3 is 16.4 Å². The fraction of sp³-hybridized carbons (Fsp3) is 0.562. The topological polar surface area (TPSA) is 67.2 Å². The Bertz CT molecular complexity index is 496. The van der Waals surface area contributed by atoms with Crippen molar-refractivity contribution in [2.24, 2.45) is 5.41 Å². The molecule has 1 saturated carbocycles. The number of anilines is 2. The normalized spacial score (nSPS) is 21.2. The van der Waals surface area contributed by atoms with Gasteiger partial charge in [-0.15, -0.1) is 0 Å². The van der Waals surface area contributed by atoms with E-state index in [4.69, 9.17) is 5.73 Å². The lowest BCUT2D eigenvalue weighted by Crippen LogP contribution is -2.39. The molecule has 1 aliphatic carbocycles. The minimum Gasteiger partial charge on any atom is -0.399 e. The van der Waals surface area contributed by atoms with Gasteiger partial charge in [0.1, 0.15) is 0 Å². The molecule has 4 N–H and O–H groups in total. The summed E-state index contributed by atoms with van der Waals surface area (Å²) in [5.74, 6) is -0.0823. The van der Waals surface area contributed by atoms with Crippen LogP contribution < -0.4 is 16.4 Å². The molecule has 1 atom stereocenters. The number of carbonyl (C=O) groups excluding carboxylic acids is 1. The van der Waals surface area contributed by atoms with Gasteiger partial charge in [-0.3, -0.25) is 4.79 Å². The predicted octanol–water partition coefficient (Wildman–Crippen LogP) is 3.01. The zero-order chi connectivity index (χ0) is 14.8. The number of nitrogens with one attached hydrogen (secondary N) is 2. The highest BCUT2D eigenvalue weighted by Gasteiger charge is 2.32. The van der Waals surface area contributed by atoms with Crippen LogP contribution in [0.25, 0.3) is 0 Å². The molecule has 1 aromatic carbocycles. The largest absolute Gasteiger partial charge is 0.399 e. The third-order valence-electron chi connectivity index (χ3n) is 4.35. The lowest BCUT2D eigenvalue weighted by molar-refractivity contribution is 0.0963. The van der Waals surface area contributed by atoms with E-state index in [2.05, 4.69) is 24.5 Å². The molecule has 0 saturated heterocycles. The summed E-state index contributed by atoms with van der Waals surface area (Å²) in [7, 11) is 1.65. The molecule has 0 aliphatic heterocycles. The van der Waals surface area contributed by atoms with Crippen LogP contribution in [0.2, 0.25) is 0 Å². The summed E-state index contributed by atoms with van der Waals surface area (Å²) in [6.45, 7) is 4.57. The fourth-order valence-electron chi connectivity index (χ4n) is 2.96. The molecule has 0 radical (unpaired) electrons. The van der Waals surface area contributed by atoms with Crippen LogP contribution in [-0.4, -0.2) is 19.0 Å². The van der Waals surface area contributed by atoms with E-state index in [1.54, 1.807) is 19.2 Å². The van der Waals surface area contributed by atoms with Gasteiger partial charge in [-0.1, -0.05) is 26.7 Å². The van der Waals surface area contributed by atoms with E-state index in [9.17, 15) is 4.79 Å². The van der Waals surface area contributed by atoms with Gasteiger partial charge >= 0.3 is 0 Å². The average Bonchev–Trinajstić information content (AvgIpc) is 2.40. The summed E-state index contributed by atoms with van der Waals surface area (Å²) >= 11 is 0. The number of rotatable bonds is 3. The summed E-state index contributed by atoms with van der Waals surface area (Å²) in [6.07, 6.45) is 4.86. The van der Waals surface area contributed by atoms with Crippen LogP contribution in [0.4, 0.5) is 11.4 Å². The van der Waals surface area contributed by atoms with E-state index >= 15 is 0 Å². The molecule has 1 aromatic rings. The Morgan fingerprint density at radius 1 is 1.35 bits per heavy atom. The molecule has 1 unspecified atom stereocenters. The van der Waals surface area contributed by atoms with E-state index < -0.39 is 0 Å². The van der Waals surface area contributed by atoms with Gasteiger partial charge in [-0.05, 0) is 36.5 Å². The maximum atomic E-state index is 12.0. The summed E-state index contributed by atoms with van der Waals surface area (Å²) < 4.78 is 0. The third kappa shape index (κ3) is 3.06. The first-order valence-electron chi connectivity index (χ1n) is 7.32. The van der Waals surface area contributed by atoms with Crippen molar-refractivity contribution in [3.8, 4) is 0 Å². The van der Waals surface area contributed by atoms with Crippen LogP contribution in [0, 0.1) is 5.41 Å². The molecule has 0 spiro atoms. The number of amides is 1. The first-order chi connectivity index (χ1) is 9.44. The van der Waals surface area contributed by atoms with Crippen molar-refractivity contribution in [1.82, 2.24) is 5.32 Å². The van der Waals surface area contributed by atoms with Crippen LogP contribution >= 0.6 is 0 Å². The summed E-state index contributed by atoms with van der Waals surface area (Å²) in [4.78, 5) is 12.0. The van der Waals surface area contributed by atoms with E-state index in [0.717, 1.165) is 12.1 Å². The van der Waals surface area contributed by atoms with Gasteiger partial charge in [0, 0.05) is 24.5 Å². The highest BCUT2D eigenvalue weighted by atomic mass is 16.1. The zero-order valence-electron chi connectivity index (χ0n) is 12.6. The Morgan fingerprint density at radius 2 is 2.10 bits per heavy atom. The highest BCUT2D eigenvalue weighted by molar-refractivity contribution is 6.00. The van der Waals surface area contributed by atoms with Gasteiger partial charge in [-0.25, -0.2) is 0 Å². The van der Waals surface area contributed by atoms with Crippen molar-refractivity contribution >= 4 is 17.3 Å². The molecule has 4 heteroatoms. The van der Waals surface area contributed by atoms with E-state index in [0.29, 0.717) is 17.3 Å². The lowest BCUT2D eigenvalue weighted by atomic mass is 9.73. The van der Waals surface area contributed by atoms with Crippen molar-refractivity contribution in [3.63, 3.8) is 0 Å². The van der Waals surface area contributed by atoms with Crippen molar-refractivity contribution < 1.29 is 4.79 Å². The summed E-state index contributed by atoms with van der Waals surface area (Å²) in [6, 6.07) is 5.78.